The van der Waals surface area contributed by atoms with Gasteiger partial charge in [-0.25, -0.2) is 0 Å². The summed E-state index contributed by atoms with van der Waals surface area (Å²) in [5.41, 5.74) is 0. The Morgan fingerprint density at radius 1 is 0.960 bits per heavy atom. The number of ether oxygens (including phenoxy) is 2. The van der Waals surface area contributed by atoms with Crippen LogP contribution in [0.2, 0.25) is 0 Å². The van der Waals surface area contributed by atoms with Crippen molar-refractivity contribution in [3.63, 3.8) is 0 Å². The first-order valence-electron chi connectivity index (χ1n) is 9.92. The summed E-state index contributed by atoms with van der Waals surface area (Å²) in [5, 5.41) is 3.27. The molecule has 25 heavy (non-hydrogen) atoms. The molecule has 4 fully saturated rings. The molecule has 1 N–H and O–H groups in total. The van der Waals surface area contributed by atoms with Crippen LogP contribution in [0.15, 0.2) is 0 Å². The van der Waals surface area contributed by atoms with Gasteiger partial charge in [0.15, 0.2) is 0 Å². The molecule has 5 unspecified atom stereocenters. The molecule has 0 spiro atoms. The molecular weight excluding hydrogens is 406 g/mol. The van der Waals surface area contributed by atoms with Gasteiger partial charge in [0.2, 0.25) is 5.91 Å². The monoisotopic (exact) mass is 435 g/mol. The van der Waals surface area contributed by atoms with Gasteiger partial charge in [-0.3, -0.25) is 4.79 Å². The molecule has 4 nitrogen and oxygen atoms in total. The predicted molar refractivity (Wildman–Crippen MR) is 103 cm³/mol. The van der Waals surface area contributed by atoms with Gasteiger partial charge >= 0.3 is 0 Å². The van der Waals surface area contributed by atoms with Crippen LogP contribution < -0.4 is 5.32 Å². The first kappa shape index (κ1) is 19.9. The Hall–Kier alpha value is 0.160. The van der Waals surface area contributed by atoms with Crippen LogP contribution in [0.25, 0.3) is 0 Å². The number of rotatable bonds is 0. The van der Waals surface area contributed by atoms with Gasteiger partial charge in [-0.2, -0.15) is 0 Å². The van der Waals surface area contributed by atoms with Crippen molar-refractivity contribution in [2.45, 2.75) is 80.2 Å². The molecule has 4 aliphatic rings. The summed E-state index contributed by atoms with van der Waals surface area (Å²) < 4.78 is 12.1. The van der Waals surface area contributed by atoms with Crippen LogP contribution in [0.4, 0.5) is 0 Å². The van der Waals surface area contributed by atoms with Crippen LogP contribution in [0.3, 0.4) is 0 Å². The van der Waals surface area contributed by atoms with Crippen molar-refractivity contribution < 1.29 is 14.3 Å². The van der Waals surface area contributed by atoms with Gasteiger partial charge in [0.25, 0.3) is 0 Å². The van der Waals surface area contributed by atoms with Crippen molar-refractivity contribution in [1.82, 2.24) is 5.32 Å². The lowest BCUT2D eigenvalue weighted by atomic mass is 9.84. The number of alkyl halides is 2. The van der Waals surface area contributed by atoms with Crippen molar-refractivity contribution in [2.24, 2.45) is 11.8 Å². The zero-order valence-corrected chi connectivity index (χ0v) is 17.3. The maximum atomic E-state index is 12.7. The molecule has 0 radical (unpaired) electrons. The van der Waals surface area contributed by atoms with Crippen LogP contribution in [0.1, 0.15) is 57.8 Å². The van der Waals surface area contributed by atoms with Gasteiger partial charge in [-0.15, -0.1) is 11.6 Å². The molecule has 6 heteroatoms. The third kappa shape index (κ3) is 5.82. The minimum absolute atomic E-state index is 0.0289. The zero-order valence-electron chi connectivity index (χ0n) is 14.9. The average Bonchev–Trinajstić information content (AvgIpc) is 2.59. The Balaban J connectivity index is 1.59. The van der Waals surface area contributed by atoms with E-state index in [2.05, 4.69) is 21.2 Å². The van der Waals surface area contributed by atoms with E-state index in [1.54, 1.807) is 0 Å². The Morgan fingerprint density at radius 2 is 1.68 bits per heavy atom. The predicted octanol–water partition coefficient (Wildman–Crippen LogP) is 4.03. The summed E-state index contributed by atoms with van der Waals surface area (Å²) in [7, 11) is 0. The van der Waals surface area contributed by atoms with Gasteiger partial charge in [0.05, 0.1) is 23.5 Å². The minimum Gasteiger partial charge on any atom is -0.377 e. The van der Waals surface area contributed by atoms with Gasteiger partial charge in [0.1, 0.15) is 0 Å². The van der Waals surface area contributed by atoms with E-state index >= 15 is 0 Å². The number of carbonyl (C=O) groups excluding carboxylic acids is 1. The molecule has 2 bridgehead atoms. The second kappa shape index (κ2) is 9.91. The maximum Gasteiger partial charge on any atom is 0.225 e. The maximum absolute atomic E-state index is 12.7. The topological polar surface area (TPSA) is 47.6 Å². The number of halogens is 2. The summed E-state index contributed by atoms with van der Waals surface area (Å²) in [6.45, 7) is 2.22. The van der Waals surface area contributed by atoms with Crippen molar-refractivity contribution in [3.05, 3.63) is 0 Å². The quantitative estimate of drug-likeness (QED) is 0.583. The Morgan fingerprint density at radius 3 is 2.44 bits per heavy atom. The van der Waals surface area contributed by atoms with Crippen molar-refractivity contribution in [2.75, 3.05) is 19.8 Å². The Kier molecular flexibility index (Phi) is 7.89. The van der Waals surface area contributed by atoms with E-state index in [1.807, 2.05) is 0 Å². The Labute approximate surface area is 164 Å². The van der Waals surface area contributed by atoms with Gasteiger partial charge in [-0.1, -0.05) is 15.9 Å². The van der Waals surface area contributed by atoms with E-state index in [9.17, 15) is 4.79 Å². The van der Waals surface area contributed by atoms with Crippen molar-refractivity contribution in [1.29, 1.82) is 0 Å². The van der Waals surface area contributed by atoms with Crippen LogP contribution in [-0.2, 0) is 14.3 Å². The molecule has 1 amide bonds. The summed E-state index contributed by atoms with van der Waals surface area (Å²) in [6.07, 6.45) is 9.35. The standard InChI is InChI=1S/C19H31BrClNO3/c20-14-4-6-17-15(12-14)19(23)22-8-7-13-3-5-18(16(21)11-13)25-10-2-1-9-24-17/h13-18H,1-12H2,(H,22,23)/t13-,14?,15?,16?,17?,18?/m0/s1. The molecular formula is C19H31BrClNO3. The first-order valence-corrected chi connectivity index (χ1v) is 11.3. The number of hydrogen-bond donors (Lipinski definition) is 1. The van der Waals surface area contributed by atoms with E-state index in [4.69, 9.17) is 21.1 Å². The summed E-state index contributed by atoms with van der Waals surface area (Å²) in [6, 6.07) is 0. The number of carbonyl (C=O) groups is 1. The second-order valence-corrected chi connectivity index (χ2v) is 9.67. The van der Waals surface area contributed by atoms with Gasteiger partial charge in [0, 0.05) is 24.6 Å². The molecule has 4 rings (SSSR count). The van der Waals surface area contributed by atoms with E-state index in [0.717, 1.165) is 70.9 Å². The lowest BCUT2D eigenvalue weighted by molar-refractivity contribution is -0.132. The zero-order chi connectivity index (χ0) is 17.6. The highest BCUT2D eigenvalue weighted by atomic mass is 79.9. The molecule has 2 heterocycles. The largest absolute Gasteiger partial charge is 0.377 e. The number of amides is 1. The second-order valence-electron chi connectivity index (χ2n) is 7.82. The smallest absolute Gasteiger partial charge is 0.225 e. The molecule has 2 aliphatic carbocycles. The normalized spacial score (nSPS) is 41.8. The molecule has 0 aromatic rings. The van der Waals surface area contributed by atoms with E-state index in [0.29, 0.717) is 17.4 Å². The number of fused-ring (bicyclic) bond motifs is 10. The van der Waals surface area contributed by atoms with Gasteiger partial charge in [-0.05, 0) is 63.7 Å². The first-order chi connectivity index (χ1) is 12.1. The third-order valence-corrected chi connectivity index (χ3v) is 7.23. The van der Waals surface area contributed by atoms with Crippen molar-refractivity contribution >= 4 is 33.4 Å². The molecule has 144 valence electrons. The number of nitrogens with one attached hydrogen (secondary N) is 1. The summed E-state index contributed by atoms with van der Waals surface area (Å²) in [4.78, 5) is 13.1. The highest BCUT2D eigenvalue weighted by molar-refractivity contribution is 9.09. The van der Waals surface area contributed by atoms with Crippen molar-refractivity contribution in [3.8, 4) is 0 Å². The highest BCUT2D eigenvalue weighted by Gasteiger charge is 2.35. The molecule has 2 saturated carbocycles. The van der Waals surface area contributed by atoms with Crippen LogP contribution in [0.5, 0.6) is 0 Å². The Bertz CT molecular complexity index is 439. The van der Waals surface area contributed by atoms with E-state index in [-0.39, 0.29) is 29.4 Å². The fourth-order valence-electron chi connectivity index (χ4n) is 4.39. The molecule has 2 aliphatic heterocycles. The SMILES string of the molecule is O=C1NCC[C@@H]2CCC(OCCCCOC3CCC(Br)CC13)C(Cl)C2. The summed E-state index contributed by atoms with van der Waals surface area (Å²) in [5.74, 6) is 0.734. The lowest BCUT2D eigenvalue weighted by Gasteiger charge is -2.35. The molecule has 0 aromatic heterocycles. The van der Waals surface area contributed by atoms with Crippen LogP contribution in [0, 0.1) is 11.8 Å². The number of hydrogen-bond acceptors (Lipinski definition) is 3. The van der Waals surface area contributed by atoms with Crippen LogP contribution >= 0.6 is 27.5 Å². The molecule has 2 saturated heterocycles. The van der Waals surface area contributed by atoms with E-state index in [1.165, 1.54) is 0 Å². The summed E-state index contributed by atoms with van der Waals surface area (Å²) >= 11 is 10.2. The fraction of sp³-hybridized carbons (Fsp3) is 0.947. The highest BCUT2D eigenvalue weighted by Crippen LogP contribution is 2.33. The molecule has 6 atom stereocenters. The van der Waals surface area contributed by atoms with Crippen LogP contribution in [-0.4, -0.2) is 48.1 Å². The van der Waals surface area contributed by atoms with Gasteiger partial charge < -0.3 is 14.8 Å². The average molecular weight is 437 g/mol. The van der Waals surface area contributed by atoms with E-state index < -0.39 is 0 Å². The lowest BCUT2D eigenvalue weighted by Crippen LogP contribution is -2.44. The fourth-order valence-corrected chi connectivity index (χ4v) is 5.51. The minimum atomic E-state index is -0.0289. The molecule has 0 aromatic carbocycles. The third-order valence-electron chi connectivity index (χ3n) is 5.94.